The summed E-state index contributed by atoms with van der Waals surface area (Å²) in [5.41, 5.74) is 3.52. The quantitative estimate of drug-likeness (QED) is 0.786. The van der Waals surface area contributed by atoms with Crippen molar-refractivity contribution in [2.24, 2.45) is 0 Å². The van der Waals surface area contributed by atoms with Crippen molar-refractivity contribution >= 4 is 11.6 Å². The highest BCUT2D eigenvalue weighted by Crippen LogP contribution is 2.19. The van der Waals surface area contributed by atoms with Crippen LogP contribution in [0.15, 0.2) is 59.5 Å². The molecule has 0 aliphatic carbocycles. The van der Waals surface area contributed by atoms with Crippen molar-refractivity contribution in [3.8, 4) is 11.3 Å². The summed E-state index contributed by atoms with van der Waals surface area (Å²) in [6.45, 7) is 5.54. The number of benzene rings is 2. The number of hydrogen-bond acceptors (Lipinski definition) is 4. The fourth-order valence-corrected chi connectivity index (χ4v) is 2.60. The fraction of sp³-hybridized carbons (Fsp3) is 0.200. The molecule has 0 saturated heterocycles. The predicted octanol–water partition coefficient (Wildman–Crippen LogP) is 3.12. The first-order valence-electron chi connectivity index (χ1n) is 8.35. The maximum Gasteiger partial charge on any atom is 0.365 e. The molecule has 1 aromatic heterocycles. The van der Waals surface area contributed by atoms with Crippen molar-refractivity contribution in [1.29, 1.82) is 0 Å². The summed E-state index contributed by atoms with van der Waals surface area (Å²) in [7, 11) is 0. The van der Waals surface area contributed by atoms with Gasteiger partial charge in [-0.15, -0.1) is 0 Å². The minimum absolute atomic E-state index is 0.317. The second kappa shape index (κ2) is 7.31. The van der Waals surface area contributed by atoms with Gasteiger partial charge in [-0.3, -0.25) is 4.79 Å². The lowest BCUT2D eigenvalue weighted by molar-refractivity contribution is -0.119. The van der Waals surface area contributed by atoms with Gasteiger partial charge in [-0.05, 0) is 38.0 Å². The van der Waals surface area contributed by atoms with Crippen LogP contribution in [0.3, 0.4) is 0 Å². The van der Waals surface area contributed by atoms with E-state index in [-0.39, 0.29) is 5.91 Å². The van der Waals surface area contributed by atoms with Crippen LogP contribution < -0.4 is 11.0 Å². The van der Waals surface area contributed by atoms with Gasteiger partial charge in [0.05, 0.1) is 11.9 Å². The highest BCUT2D eigenvalue weighted by Gasteiger charge is 2.19. The number of carbonyl (C=O) groups excluding carboxylic acids is 1. The largest absolute Gasteiger partial charge is 0.365 e. The van der Waals surface area contributed by atoms with E-state index < -0.39 is 11.7 Å². The zero-order chi connectivity index (χ0) is 18.7. The smallest absolute Gasteiger partial charge is 0.324 e. The summed E-state index contributed by atoms with van der Waals surface area (Å²) < 4.78 is 1.09. The first-order chi connectivity index (χ1) is 12.5. The van der Waals surface area contributed by atoms with Crippen molar-refractivity contribution in [1.82, 2.24) is 14.8 Å². The number of amides is 1. The second-order valence-corrected chi connectivity index (χ2v) is 6.15. The van der Waals surface area contributed by atoms with Crippen LogP contribution in [0, 0.1) is 13.8 Å². The molecule has 1 atom stereocenters. The van der Waals surface area contributed by atoms with Crippen LogP contribution in [0.5, 0.6) is 0 Å². The molecule has 0 saturated carbocycles. The Kier molecular flexibility index (Phi) is 4.93. The Labute approximate surface area is 151 Å². The molecule has 0 radical (unpaired) electrons. The number of nitrogens with zero attached hydrogens (tertiary/aromatic N) is 3. The van der Waals surface area contributed by atoms with Crippen molar-refractivity contribution in [3.05, 3.63) is 76.3 Å². The minimum atomic E-state index is -0.778. The Morgan fingerprint density at radius 2 is 1.81 bits per heavy atom. The SMILES string of the molecule is Cc1cccc(NC(=O)[C@@H](C)n2ncc(-c3ccccc3)nc2=O)c1C. The molecular weight excluding hydrogens is 328 g/mol. The van der Waals surface area contributed by atoms with Crippen molar-refractivity contribution in [2.75, 3.05) is 5.32 Å². The Morgan fingerprint density at radius 3 is 2.50 bits per heavy atom. The van der Waals surface area contributed by atoms with Crippen LogP contribution in [0.1, 0.15) is 24.1 Å². The zero-order valence-corrected chi connectivity index (χ0v) is 14.9. The van der Waals surface area contributed by atoms with Gasteiger partial charge < -0.3 is 5.32 Å². The third-order valence-electron chi connectivity index (χ3n) is 4.39. The molecule has 0 aliphatic heterocycles. The average molecular weight is 348 g/mol. The predicted molar refractivity (Wildman–Crippen MR) is 101 cm³/mol. The Morgan fingerprint density at radius 1 is 1.08 bits per heavy atom. The number of hydrogen-bond donors (Lipinski definition) is 1. The molecular formula is C20H20N4O2. The van der Waals surface area contributed by atoms with Crippen LogP contribution in [0.4, 0.5) is 5.69 Å². The van der Waals surface area contributed by atoms with Gasteiger partial charge in [0.15, 0.2) is 0 Å². The van der Waals surface area contributed by atoms with E-state index >= 15 is 0 Å². The molecule has 26 heavy (non-hydrogen) atoms. The van der Waals surface area contributed by atoms with Gasteiger partial charge in [0.1, 0.15) is 6.04 Å². The highest BCUT2D eigenvalue weighted by molar-refractivity contribution is 5.94. The number of rotatable bonds is 4. The topological polar surface area (TPSA) is 76.9 Å². The maximum atomic E-state index is 12.5. The van der Waals surface area contributed by atoms with E-state index in [1.165, 1.54) is 6.20 Å². The number of aromatic nitrogens is 3. The Bertz CT molecular complexity index is 996. The maximum absolute atomic E-state index is 12.5. The Balaban J connectivity index is 1.83. The number of carbonyl (C=O) groups is 1. The van der Waals surface area contributed by atoms with Gasteiger partial charge in [-0.1, -0.05) is 42.5 Å². The zero-order valence-electron chi connectivity index (χ0n) is 14.9. The Hall–Kier alpha value is -3.28. The van der Waals surface area contributed by atoms with Crippen molar-refractivity contribution < 1.29 is 4.79 Å². The molecule has 132 valence electrons. The van der Waals surface area contributed by atoms with Crippen LogP contribution in [0.25, 0.3) is 11.3 Å². The van der Waals surface area contributed by atoms with E-state index in [1.807, 2.05) is 62.4 Å². The monoisotopic (exact) mass is 348 g/mol. The molecule has 0 bridgehead atoms. The van der Waals surface area contributed by atoms with Crippen LogP contribution in [-0.2, 0) is 4.79 Å². The molecule has 0 unspecified atom stereocenters. The van der Waals surface area contributed by atoms with E-state index in [2.05, 4.69) is 15.4 Å². The lowest BCUT2D eigenvalue weighted by atomic mass is 10.1. The van der Waals surface area contributed by atoms with Gasteiger partial charge in [0, 0.05) is 11.3 Å². The molecule has 1 N–H and O–H groups in total. The van der Waals surface area contributed by atoms with E-state index in [4.69, 9.17) is 0 Å². The van der Waals surface area contributed by atoms with Gasteiger partial charge in [0.25, 0.3) is 0 Å². The first-order valence-corrected chi connectivity index (χ1v) is 8.35. The standard InChI is InChI=1S/C20H20N4O2/c1-13-8-7-11-17(14(13)2)22-19(25)15(3)24-20(26)23-18(12-21-24)16-9-5-4-6-10-16/h4-12,15H,1-3H3,(H,22,25)/t15-/m1/s1. The lowest BCUT2D eigenvalue weighted by Gasteiger charge is -2.15. The van der Waals surface area contributed by atoms with Crippen LogP contribution in [0.2, 0.25) is 0 Å². The number of nitrogens with one attached hydrogen (secondary N) is 1. The third-order valence-corrected chi connectivity index (χ3v) is 4.39. The molecule has 0 fully saturated rings. The fourth-order valence-electron chi connectivity index (χ4n) is 2.60. The van der Waals surface area contributed by atoms with Crippen LogP contribution in [-0.4, -0.2) is 20.7 Å². The summed E-state index contributed by atoms with van der Waals surface area (Å²) in [6, 6.07) is 14.2. The summed E-state index contributed by atoms with van der Waals surface area (Å²) in [5.74, 6) is -0.317. The summed E-state index contributed by atoms with van der Waals surface area (Å²) in [5, 5.41) is 6.99. The third kappa shape index (κ3) is 3.54. The summed E-state index contributed by atoms with van der Waals surface area (Å²) in [4.78, 5) is 28.9. The molecule has 2 aromatic carbocycles. The van der Waals surface area contributed by atoms with Crippen molar-refractivity contribution in [3.63, 3.8) is 0 Å². The second-order valence-electron chi connectivity index (χ2n) is 6.15. The molecule has 3 rings (SSSR count). The highest BCUT2D eigenvalue weighted by atomic mass is 16.2. The number of aryl methyl sites for hydroxylation is 1. The van der Waals surface area contributed by atoms with E-state index in [0.717, 1.165) is 27.1 Å². The van der Waals surface area contributed by atoms with E-state index in [0.29, 0.717) is 5.69 Å². The van der Waals surface area contributed by atoms with Crippen molar-refractivity contribution in [2.45, 2.75) is 26.8 Å². The molecule has 6 nitrogen and oxygen atoms in total. The average Bonchev–Trinajstić information content (AvgIpc) is 2.65. The van der Waals surface area contributed by atoms with Gasteiger partial charge in [0.2, 0.25) is 5.91 Å². The van der Waals surface area contributed by atoms with E-state index in [9.17, 15) is 9.59 Å². The molecule has 3 aromatic rings. The molecule has 1 heterocycles. The minimum Gasteiger partial charge on any atom is -0.324 e. The normalized spacial score (nSPS) is 11.8. The lowest BCUT2D eigenvalue weighted by Crippen LogP contribution is -2.35. The number of anilines is 1. The summed E-state index contributed by atoms with van der Waals surface area (Å²) in [6.07, 6.45) is 1.50. The summed E-state index contributed by atoms with van der Waals surface area (Å²) >= 11 is 0. The first kappa shape index (κ1) is 17.5. The van der Waals surface area contributed by atoms with Crippen LogP contribution >= 0.6 is 0 Å². The van der Waals surface area contributed by atoms with Gasteiger partial charge in [-0.25, -0.2) is 9.48 Å². The molecule has 6 heteroatoms. The van der Waals surface area contributed by atoms with Gasteiger partial charge in [-0.2, -0.15) is 10.1 Å². The molecule has 1 amide bonds. The molecule has 0 spiro atoms. The molecule has 0 aliphatic rings. The van der Waals surface area contributed by atoms with Gasteiger partial charge >= 0.3 is 5.69 Å². The van der Waals surface area contributed by atoms with E-state index in [1.54, 1.807) is 6.92 Å².